The van der Waals surface area contributed by atoms with E-state index in [1.807, 2.05) is 48.5 Å². The normalized spacial score (nSPS) is 18.9. The number of carboxylic acids is 1. The Bertz CT molecular complexity index is 763. The zero-order chi connectivity index (χ0) is 19.8. The van der Waals surface area contributed by atoms with Crippen LogP contribution in [0.5, 0.6) is 0 Å². The second-order valence-corrected chi connectivity index (χ2v) is 7.21. The number of hydrogen-bond donors (Lipinski definition) is 1. The summed E-state index contributed by atoms with van der Waals surface area (Å²) in [6.07, 6.45) is 1.90. The van der Waals surface area contributed by atoms with E-state index in [-0.39, 0.29) is 18.4 Å². The number of rotatable bonds is 9. The molecule has 1 N–H and O–H groups in total. The lowest BCUT2D eigenvalue weighted by molar-refractivity contribution is -0.141. The molecule has 1 amide bonds. The Labute approximate surface area is 165 Å². The topological polar surface area (TPSA) is 66.8 Å². The highest BCUT2D eigenvalue weighted by atomic mass is 16.5. The minimum atomic E-state index is -0.839. The Kier molecular flexibility index (Phi) is 7.20. The van der Waals surface area contributed by atoms with Crippen LogP contribution in [0.1, 0.15) is 29.9 Å². The summed E-state index contributed by atoms with van der Waals surface area (Å²) >= 11 is 0. The number of likely N-dealkylation sites (tertiary alicyclic amines) is 1. The minimum Gasteiger partial charge on any atom is -0.481 e. The quantitative estimate of drug-likeness (QED) is 0.677. The summed E-state index contributed by atoms with van der Waals surface area (Å²) in [5.74, 6) is -1.53. The third-order valence-corrected chi connectivity index (χ3v) is 5.27. The van der Waals surface area contributed by atoms with E-state index in [1.54, 1.807) is 4.90 Å². The molecule has 0 radical (unpaired) electrons. The third kappa shape index (κ3) is 5.42. The van der Waals surface area contributed by atoms with Gasteiger partial charge in [-0.2, -0.15) is 0 Å². The predicted octanol–water partition coefficient (Wildman–Crippen LogP) is 3.35. The van der Waals surface area contributed by atoms with E-state index >= 15 is 0 Å². The first kappa shape index (κ1) is 20.1. The molecule has 3 rings (SSSR count). The van der Waals surface area contributed by atoms with Gasteiger partial charge in [-0.15, -0.1) is 0 Å². The van der Waals surface area contributed by atoms with Crippen molar-refractivity contribution in [3.8, 4) is 0 Å². The number of carbonyl (C=O) groups is 2. The van der Waals surface area contributed by atoms with Crippen LogP contribution in [0.3, 0.4) is 0 Å². The lowest BCUT2D eigenvalue weighted by atomic mass is 9.89. The fourth-order valence-electron chi connectivity index (χ4n) is 3.72. The van der Waals surface area contributed by atoms with Gasteiger partial charge in [0, 0.05) is 32.0 Å². The minimum absolute atomic E-state index is 0.0105. The van der Waals surface area contributed by atoms with Crippen molar-refractivity contribution in [1.29, 1.82) is 0 Å². The number of ether oxygens (including phenoxy) is 1. The van der Waals surface area contributed by atoms with E-state index in [0.717, 1.165) is 12.0 Å². The second kappa shape index (κ2) is 10.0. The number of carbonyl (C=O) groups excluding carboxylic acids is 1. The van der Waals surface area contributed by atoms with Gasteiger partial charge in [0.2, 0.25) is 5.91 Å². The van der Waals surface area contributed by atoms with Gasteiger partial charge < -0.3 is 14.7 Å². The molecule has 2 aromatic rings. The molecule has 1 saturated heterocycles. The SMILES string of the molecule is O=C(O)C1CN(C(=O)CCCOCCc2ccccc2)CC1c1ccccc1. The number of amides is 1. The van der Waals surface area contributed by atoms with Gasteiger partial charge in [-0.05, 0) is 24.0 Å². The number of benzene rings is 2. The largest absolute Gasteiger partial charge is 0.481 e. The Morgan fingerprint density at radius 1 is 0.964 bits per heavy atom. The van der Waals surface area contributed by atoms with Crippen LogP contribution in [0.15, 0.2) is 60.7 Å². The first-order valence-electron chi connectivity index (χ1n) is 9.82. The van der Waals surface area contributed by atoms with Gasteiger partial charge in [0.05, 0.1) is 12.5 Å². The van der Waals surface area contributed by atoms with E-state index in [1.165, 1.54) is 5.56 Å². The first-order chi connectivity index (χ1) is 13.6. The maximum absolute atomic E-state index is 12.5. The van der Waals surface area contributed by atoms with Crippen molar-refractivity contribution in [2.24, 2.45) is 5.92 Å². The van der Waals surface area contributed by atoms with E-state index in [4.69, 9.17) is 4.74 Å². The van der Waals surface area contributed by atoms with Gasteiger partial charge in [0.1, 0.15) is 0 Å². The molecule has 5 nitrogen and oxygen atoms in total. The van der Waals surface area contributed by atoms with Crippen molar-refractivity contribution in [2.75, 3.05) is 26.3 Å². The molecule has 0 bridgehead atoms. The summed E-state index contributed by atoms with van der Waals surface area (Å²) < 4.78 is 5.64. The molecule has 2 aromatic carbocycles. The van der Waals surface area contributed by atoms with Crippen molar-refractivity contribution in [2.45, 2.75) is 25.2 Å². The fraction of sp³-hybridized carbons (Fsp3) is 0.391. The van der Waals surface area contributed by atoms with Crippen molar-refractivity contribution >= 4 is 11.9 Å². The number of aliphatic carboxylic acids is 1. The Morgan fingerprint density at radius 2 is 1.64 bits per heavy atom. The second-order valence-electron chi connectivity index (χ2n) is 7.21. The summed E-state index contributed by atoms with van der Waals surface area (Å²) in [7, 11) is 0. The number of carboxylic acid groups (broad SMARTS) is 1. The summed E-state index contributed by atoms with van der Waals surface area (Å²) in [5.41, 5.74) is 2.22. The highest BCUT2D eigenvalue weighted by Crippen LogP contribution is 2.33. The van der Waals surface area contributed by atoms with Crippen LogP contribution in [-0.2, 0) is 20.7 Å². The molecule has 1 aliphatic heterocycles. The Hall–Kier alpha value is -2.66. The maximum atomic E-state index is 12.5. The van der Waals surface area contributed by atoms with Crippen LogP contribution in [0, 0.1) is 5.92 Å². The molecular weight excluding hydrogens is 354 g/mol. The molecule has 0 saturated carbocycles. The van der Waals surface area contributed by atoms with E-state index in [9.17, 15) is 14.7 Å². The summed E-state index contributed by atoms with van der Waals surface area (Å²) in [5, 5.41) is 9.55. The van der Waals surface area contributed by atoms with Crippen LogP contribution >= 0.6 is 0 Å². The summed E-state index contributed by atoms with van der Waals surface area (Å²) in [6, 6.07) is 19.8. The van der Waals surface area contributed by atoms with Crippen LogP contribution < -0.4 is 0 Å². The lowest BCUT2D eigenvalue weighted by Crippen LogP contribution is -2.29. The van der Waals surface area contributed by atoms with Gasteiger partial charge in [-0.3, -0.25) is 9.59 Å². The molecule has 148 valence electrons. The molecule has 0 aromatic heterocycles. The number of hydrogen-bond acceptors (Lipinski definition) is 3. The smallest absolute Gasteiger partial charge is 0.308 e. The Balaban J connectivity index is 1.41. The molecule has 1 heterocycles. The van der Waals surface area contributed by atoms with Crippen molar-refractivity contribution < 1.29 is 19.4 Å². The number of nitrogens with zero attached hydrogens (tertiary/aromatic N) is 1. The standard InChI is InChI=1S/C23H27NO4/c25-22(12-7-14-28-15-13-18-8-3-1-4-9-18)24-16-20(21(17-24)23(26)27)19-10-5-2-6-11-19/h1-6,8-11,20-21H,7,12-17H2,(H,26,27). The van der Waals surface area contributed by atoms with Gasteiger partial charge in [0.15, 0.2) is 0 Å². The predicted molar refractivity (Wildman–Crippen MR) is 107 cm³/mol. The van der Waals surface area contributed by atoms with Gasteiger partial charge in [0.25, 0.3) is 0 Å². The highest BCUT2D eigenvalue weighted by molar-refractivity contribution is 5.79. The molecule has 28 heavy (non-hydrogen) atoms. The van der Waals surface area contributed by atoms with Crippen molar-refractivity contribution in [1.82, 2.24) is 4.90 Å². The molecule has 2 atom stereocenters. The highest BCUT2D eigenvalue weighted by Gasteiger charge is 2.40. The van der Waals surface area contributed by atoms with Crippen LogP contribution in [0.4, 0.5) is 0 Å². The maximum Gasteiger partial charge on any atom is 0.308 e. The average molecular weight is 381 g/mol. The van der Waals surface area contributed by atoms with E-state index in [2.05, 4.69) is 12.1 Å². The monoisotopic (exact) mass is 381 g/mol. The zero-order valence-corrected chi connectivity index (χ0v) is 16.0. The Morgan fingerprint density at radius 3 is 2.32 bits per heavy atom. The molecule has 1 aliphatic rings. The third-order valence-electron chi connectivity index (χ3n) is 5.27. The molecule has 2 unspecified atom stereocenters. The average Bonchev–Trinajstić information content (AvgIpc) is 3.18. The molecule has 1 fully saturated rings. The van der Waals surface area contributed by atoms with Crippen LogP contribution in [0.25, 0.3) is 0 Å². The lowest BCUT2D eigenvalue weighted by Gasteiger charge is -2.16. The van der Waals surface area contributed by atoms with Crippen LogP contribution in [-0.4, -0.2) is 48.2 Å². The van der Waals surface area contributed by atoms with E-state index < -0.39 is 11.9 Å². The van der Waals surface area contributed by atoms with Crippen molar-refractivity contribution in [3.63, 3.8) is 0 Å². The molecule has 0 aliphatic carbocycles. The van der Waals surface area contributed by atoms with Crippen LogP contribution in [0.2, 0.25) is 0 Å². The van der Waals surface area contributed by atoms with Gasteiger partial charge in [-0.25, -0.2) is 0 Å². The molecular formula is C23H27NO4. The molecule has 5 heteroatoms. The molecule has 0 spiro atoms. The first-order valence-corrected chi connectivity index (χ1v) is 9.82. The van der Waals surface area contributed by atoms with Gasteiger partial charge >= 0.3 is 5.97 Å². The van der Waals surface area contributed by atoms with E-state index in [0.29, 0.717) is 32.6 Å². The van der Waals surface area contributed by atoms with Crippen molar-refractivity contribution in [3.05, 3.63) is 71.8 Å². The summed E-state index contributed by atoms with van der Waals surface area (Å²) in [4.78, 5) is 25.9. The zero-order valence-electron chi connectivity index (χ0n) is 16.0. The fourth-order valence-corrected chi connectivity index (χ4v) is 3.72. The van der Waals surface area contributed by atoms with Gasteiger partial charge in [-0.1, -0.05) is 60.7 Å². The summed E-state index contributed by atoms with van der Waals surface area (Å²) in [6.45, 7) is 1.92.